The van der Waals surface area contributed by atoms with Crippen molar-refractivity contribution in [3.63, 3.8) is 0 Å². The number of hydrogen-bond donors (Lipinski definition) is 2. The number of amides is 1. The average molecular weight is 308 g/mol. The summed E-state index contributed by atoms with van der Waals surface area (Å²) in [6.07, 6.45) is 0. The molecule has 0 saturated heterocycles. The highest BCUT2D eigenvalue weighted by molar-refractivity contribution is 8.01. The van der Waals surface area contributed by atoms with E-state index in [0.29, 0.717) is 5.75 Å². The van der Waals surface area contributed by atoms with E-state index in [1.165, 1.54) is 23.1 Å². The fourth-order valence-electron chi connectivity index (χ4n) is 1.55. The Hall–Kier alpha value is -1.60. The van der Waals surface area contributed by atoms with E-state index in [-0.39, 0.29) is 5.91 Å². The molecule has 0 atom stereocenters. The quantitative estimate of drug-likeness (QED) is 0.831. The molecule has 0 bridgehead atoms. The normalized spacial score (nSPS) is 10.3. The van der Waals surface area contributed by atoms with E-state index >= 15 is 0 Å². The van der Waals surface area contributed by atoms with Gasteiger partial charge < -0.3 is 10.6 Å². The molecule has 1 aromatic carbocycles. The molecule has 20 heavy (non-hydrogen) atoms. The van der Waals surface area contributed by atoms with E-state index in [9.17, 15) is 4.79 Å². The molecule has 0 aliphatic heterocycles. The molecule has 0 aliphatic carbocycles. The summed E-state index contributed by atoms with van der Waals surface area (Å²) in [5.74, 6) is 0.288. The van der Waals surface area contributed by atoms with Crippen LogP contribution in [0.3, 0.4) is 0 Å². The van der Waals surface area contributed by atoms with E-state index in [1.54, 1.807) is 7.05 Å². The van der Waals surface area contributed by atoms with E-state index in [4.69, 9.17) is 0 Å². The molecule has 5 nitrogen and oxygen atoms in total. The van der Waals surface area contributed by atoms with Crippen molar-refractivity contribution in [2.24, 2.45) is 0 Å². The first-order chi connectivity index (χ1) is 9.58. The highest BCUT2D eigenvalue weighted by Gasteiger charge is 2.09. The lowest BCUT2D eigenvalue weighted by molar-refractivity contribution is -0.113. The Kier molecular flexibility index (Phi) is 4.97. The molecular weight excluding hydrogens is 292 g/mol. The first-order valence-corrected chi connectivity index (χ1v) is 7.90. The number of aryl methyl sites for hydroxylation is 2. The number of carbonyl (C=O) groups is 1. The van der Waals surface area contributed by atoms with Crippen molar-refractivity contribution in [3.8, 4) is 0 Å². The van der Waals surface area contributed by atoms with E-state index in [2.05, 4.69) is 20.8 Å². The van der Waals surface area contributed by atoms with Crippen molar-refractivity contribution in [1.29, 1.82) is 0 Å². The van der Waals surface area contributed by atoms with E-state index in [1.807, 2.05) is 32.0 Å². The van der Waals surface area contributed by atoms with Crippen LogP contribution < -0.4 is 10.6 Å². The lowest BCUT2D eigenvalue weighted by atomic mass is 10.1. The fourth-order valence-corrected chi connectivity index (χ4v) is 3.06. The highest BCUT2D eigenvalue weighted by atomic mass is 32.2. The third kappa shape index (κ3) is 3.94. The Labute approximate surface area is 126 Å². The van der Waals surface area contributed by atoms with Gasteiger partial charge in [0.15, 0.2) is 4.34 Å². The zero-order valence-electron chi connectivity index (χ0n) is 11.6. The molecule has 7 heteroatoms. The molecule has 1 amide bonds. The third-order valence-corrected chi connectivity index (χ3v) is 4.69. The van der Waals surface area contributed by atoms with Crippen LogP contribution in [0.1, 0.15) is 11.1 Å². The molecule has 0 spiro atoms. The number of rotatable bonds is 5. The lowest BCUT2D eigenvalue weighted by Crippen LogP contribution is -2.14. The van der Waals surface area contributed by atoms with Gasteiger partial charge in [0, 0.05) is 12.7 Å². The number of aromatic nitrogens is 2. The molecule has 2 rings (SSSR count). The van der Waals surface area contributed by atoms with Crippen LogP contribution in [-0.2, 0) is 4.79 Å². The summed E-state index contributed by atoms with van der Waals surface area (Å²) in [6, 6.07) is 6.00. The molecular formula is C13H16N4OS2. The minimum atomic E-state index is -0.0371. The summed E-state index contributed by atoms with van der Waals surface area (Å²) in [4.78, 5) is 11.9. The Morgan fingerprint density at radius 2 is 2.15 bits per heavy atom. The predicted octanol–water partition coefficient (Wildman–Crippen LogP) is 2.93. The van der Waals surface area contributed by atoms with Crippen LogP contribution in [-0.4, -0.2) is 28.9 Å². The van der Waals surface area contributed by atoms with Gasteiger partial charge in [0.1, 0.15) is 0 Å². The first-order valence-electron chi connectivity index (χ1n) is 6.09. The maximum atomic E-state index is 11.9. The van der Waals surface area contributed by atoms with Crippen molar-refractivity contribution in [2.45, 2.75) is 18.2 Å². The molecule has 1 aromatic heterocycles. The highest BCUT2D eigenvalue weighted by Crippen LogP contribution is 2.25. The van der Waals surface area contributed by atoms with Gasteiger partial charge in [0.25, 0.3) is 0 Å². The molecule has 0 aliphatic rings. The molecule has 2 aromatic rings. The number of anilines is 2. The summed E-state index contributed by atoms with van der Waals surface area (Å²) >= 11 is 2.82. The van der Waals surface area contributed by atoms with Crippen LogP contribution >= 0.6 is 23.1 Å². The fraction of sp³-hybridized carbons (Fsp3) is 0.308. The van der Waals surface area contributed by atoms with Gasteiger partial charge in [-0.05, 0) is 31.0 Å². The van der Waals surface area contributed by atoms with Gasteiger partial charge in [0.05, 0.1) is 5.75 Å². The lowest BCUT2D eigenvalue weighted by Gasteiger charge is -2.08. The standard InChI is InChI=1S/C13H16N4OS2/c1-8-4-5-9(2)10(6-8)15-11(18)7-19-13-17-16-12(14-3)20-13/h4-6H,7H2,1-3H3,(H,14,16)(H,15,18). The van der Waals surface area contributed by atoms with Crippen LogP contribution in [0.4, 0.5) is 10.8 Å². The second-order valence-corrected chi connectivity index (χ2v) is 6.48. The van der Waals surface area contributed by atoms with Gasteiger partial charge in [-0.1, -0.05) is 35.2 Å². The van der Waals surface area contributed by atoms with Gasteiger partial charge in [-0.25, -0.2) is 0 Å². The molecule has 106 valence electrons. The van der Waals surface area contributed by atoms with Gasteiger partial charge in [-0.15, -0.1) is 10.2 Å². The van der Waals surface area contributed by atoms with Crippen LogP contribution in [0.25, 0.3) is 0 Å². The molecule has 0 unspecified atom stereocenters. The summed E-state index contributed by atoms with van der Waals surface area (Å²) < 4.78 is 0.783. The third-order valence-electron chi connectivity index (χ3n) is 2.61. The molecule has 0 saturated carbocycles. The number of carbonyl (C=O) groups excluding carboxylic acids is 1. The first kappa shape index (κ1) is 14.8. The zero-order chi connectivity index (χ0) is 14.5. The Morgan fingerprint density at radius 1 is 1.35 bits per heavy atom. The maximum absolute atomic E-state index is 11.9. The van der Waals surface area contributed by atoms with Crippen LogP contribution in [0.15, 0.2) is 22.5 Å². The van der Waals surface area contributed by atoms with Crippen molar-refractivity contribution in [1.82, 2.24) is 10.2 Å². The van der Waals surface area contributed by atoms with Crippen LogP contribution in [0, 0.1) is 13.8 Å². The Balaban J connectivity index is 1.90. The minimum Gasteiger partial charge on any atom is -0.363 e. The van der Waals surface area contributed by atoms with Gasteiger partial charge in [-0.3, -0.25) is 4.79 Å². The van der Waals surface area contributed by atoms with Crippen LogP contribution in [0.2, 0.25) is 0 Å². The number of benzene rings is 1. The molecule has 0 radical (unpaired) electrons. The largest absolute Gasteiger partial charge is 0.363 e. The molecule has 2 N–H and O–H groups in total. The van der Waals surface area contributed by atoms with Gasteiger partial charge in [0.2, 0.25) is 11.0 Å². The van der Waals surface area contributed by atoms with Crippen molar-refractivity contribution in [2.75, 3.05) is 23.4 Å². The maximum Gasteiger partial charge on any atom is 0.234 e. The summed E-state index contributed by atoms with van der Waals surface area (Å²) in [7, 11) is 1.79. The van der Waals surface area contributed by atoms with Crippen LogP contribution in [0.5, 0.6) is 0 Å². The smallest absolute Gasteiger partial charge is 0.234 e. The van der Waals surface area contributed by atoms with Crippen molar-refractivity contribution < 1.29 is 4.79 Å². The second-order valence-electron chi connectivity index (χ2n) is 4.28. The minimum absolute atomic E-state index is 0.0371. The summed E-state index contributed by atoms with van der Waals surface area (Å²) in [5, 5.41) is 14.5. The van der Waals surface area contributed by atoms with Gasteiger partial charge in [-0.2, -0.15) is 0 Å². The Bertz CT molecular complexity index is 612. The average Bonchev–Trinajstić information content (AvgIpc) is 2.89. The SMILES string of the molecule is CNc1nnc(SCC(=O)Nc2cc(C)ccc2C)s1. The number of hydrogen-bond acceptors (Lipinski definition) is 6. The summed E-state index contributed by atoms with van der Waals surface area (Å²) in [5.41, 5.74) is 3.05. The van der Waals surface area contributed by atoms with E-state index < -0.39 is 0 Å². The van der Waals surface area contributed by atoms with Gasteiger partial charge >= 0.3 is 0 Å². The summed E-state index contributed by atoms with van der Waals surface area (Å²) in [6.45, 7) is 3.98. The van der Waals surface area contributed by atoms with Crippen molar-refractivity contribution in [3.05, 3.63) is 29.3 Å². The zero-order valence-corrected chi connectivity index (χ0v) is 13.2. The topological polar surface area (TPSA) is 66.9 Å². The number of nitrogens with one attached hydrogen (secondary N) is 2. The van der Waals surface area contributed by atoms with Crippen molar-refractivity contribution >= 4 is 39.8 Å². The van der Waals surface area contributed by atoms with E-state index in [0.717, 1.165) is 26.3 Å². The molecule has 1 heterocycles. The molecule has 0 fully saturated rings. The number of nitrogens with zero attached hydrogens (tertiary/aromatic N) is 2. The Morgan fingerprint density at radius 3 is 2.85 bits per heavy atom. The monoisotopic (exact) mass is 308 g/mol. The number of thioether (sulfide) groups is 1. The second kappa shape index (κ2) is 6.71. The predicted molar refractivity (Wildman–Crippen MR) is 84.7 cm³/mol.